The Morgan fingerprint density at radius 3 is 2.62 bits per heavy atom. The summed E-state index contributed by atoms with van der Waals surface area (Å²) < 4.78 is 38.2. The van der Waals surface area contributed by atoms with Crippen molar-refractivity contribution in [2.24, 2.45) is 10.9 Å². The average Bonchev–Trinajstić information content (AvgIpc) is 2.42. The molecule has 0 aliphatic heterocycles. The van der Waals surface area contributed by atoms with Crippen molar-refractivity contribution in [1.29, 1.82) is 0 Å². The maximum Gasteiger partial charge on any atom is 0.417 e. The van der Waals surface area contributed by atoms with Crippen LogP contribution in [0.5, 0.6) is 0 Å². The molecule has 0 heterocycles. The molecule has 5 nitrogen and oxygen atoms in total. The Morgan fingerprint density at radius 2 is 2.14 bits per heavy atom. The molecule has 0 aromatic heterocycles. The summed E-state index contributed by atoms with van der Waals surface area (Å²) in [5.74, 6) is -0.967. The first-order chi connectivity index (χ1) is 9.70. The number of nitrogens with zero attached hydrogens (tertiary/aromatic N) is 1. The quantitative estimate of drug-likeness (QED) is 0.331. The maximum atomic E-state index is 12.8. The summed E-state index contributed by atoms with van der Waals surface area (Å²) in [7, 11) is 0. The zero-order chi connectivity index (χ0) is 16.2. The van der Waals surface area contributed by atoms with Gasteiger partial charge in [-0.05, 0) is 24.6 Å². The predicted octanol–water partition coefficient (Wildman–Crippen LogP) is 2.72. The molecule has 1 aromatic rings. The molecule has 0 aliphatic carbocycles. The van der Waals surface area contributed by atoms with Crippen molar-refractivity contribution in [1.82, 2.24) is 5.32 Å². The first-order valence-electron chi connectivity index (χ1n) is 5.85. The second-order valence-corrected chi connectivity index (χ2v) is 5.01. The minimum absolute atomic E-state index is 0.157. The van der Waals surface area contributed by atoms with Gasteiger partial charge in [0.15, 0.2) is 5.84 Å². The number of hydrogen-bond donors (Lipinski definition) is 3. The fourth-order valence-electron chi connectivity index (χ4n) is 1.58. The molecule has 1 amide bonds. The molecular formula is C12H13BrF3N3O2. The fourth-order valence-corrected chi connectivity index (χ4v) is 2.05. The van der Waals surface area contributed by atoms with Gasteiger partial charge in [-0.3, -0.25) is 4.79 Å². The van der Waals surface area contributed by atoms with Crippen LogP contribution in [0, 0.1) is 0 Å². The summed E-state index contributed by atoms with van der Waals surface area (Å²) in [6, 6.07) is 2.36. The summed E-state index contributed by atoms with van der Waals surface area (Å²) in [5.41, 5.74) is 4.25. The number of amides is 1. The molecule has 116 valence electrons. The van der Waals surface area contributed by atoms with Crippen LogP contribution in [-0.4, -0.2) is 23.0 Å². The van der Waals surface area contributed by atoms with Gasteiger partial charge in [0, 0.05) is 10.0 Å². The number of nitrogens with two attached hydrogens (primary N) is 1. The van der Waals surface area contributed by atoms with Gasteiger partial charge in [0.25, 0.3) is 5.91 Å². The summed E-state index contributed by atoms with van der Waals surface area (Å²) in [4.78, 5) is 11.9. The molecule has 1 unspecified atom stereocenters. The number of carbonyl (C=O) groups excluding carboxylic acids is 1. The van der Waals surface area contributed by atoms with Crippen LogP contribution >= 0.6 is 15.9 Å². The average molecular weight is 368 g/mol. The van der Waals surface area contributed by atoms with Crippen molar-refractivity contribution in [3.63, 3.8) is 0 Å². The summed E-state index contributed by atoms with van der Waals surface area (Å²) in [5, 5.41) is 13.7. The molecule has 0 saturated heterocycles. The number of rotatable bonds is 4. The van der Waals surface area contributed by atoms with Gasteiger partial charge in [0.1, 0.15) is 0 Å². The van der Waals surface area contributed by atoms with E-state index in [1.54, 1.807) is 6.92 Å². The van der Waals surface area contributed by atoms with Crippen molar-refractivity contribution in [2.75, 3.05) is 0 Å². The first kappa shape index (κ1) is 17.3. The van der Waals surface area contributed by atoms with Gasteiger partial charge >= 0.3 is 6.18 Å². The second kappa shape index (κ2) is 6.79. The van der Waals surface area contributed by atoms with Crippen molar-refractivity contribution in [3.8, 4) is 0 Å². The minimum Gasteiger partial charge on any atom is -0.409 e. The third kappa shape index (κ3) is 4.35. The second-order valence-electron chi connectivity index (χ2n) is 4.15. The zero-order valence-corrected chi connectivity index (χ0v) is 12.5. The van der Waals surface area contributed by atoms with E-state index in [-0.39, 0.29) is 15.9 Å². The SMILES string of the molecule is CCC(NC(=O)c1ccc(Br)c(C(F)(F)F)c1)/C(N)=N/O. The third-order valence-electron chi connectivity index (χ3n) is 2.72. The Bertz CT molecular complexity index is 561. The van der Waals surface area contributed by atoms with Gasteiger partial charge in [0.05, 0.1) is 11.6 Å². The van der Waals surface area contributed by atoms with Crippen LogP contribution in [0.15, 0.2) is 27.8 Å². The summed E-state index contributed by atoms with van der Waals surface area (Å²) >= 11 is 2.79. The molecule has 0 saturated carbocycles. The molecule has 21 heavy (non-hydrogen) atoms. The minimum atomic E-state index is -4.58. The normalized spacial score (nSPS) is 13.9. The monoisotopic (exact) mass is 367 g/mol. The van der Waals surface area contributed by atoms with Gasteiger partial charge in [0.2, 0.25) is 0 Å². The van der Waals surface area contributed by atoms with E-state index in [2.05, 4.69) is 26.4 Å². The number of nitrogens with one attached hydrogen (secondary N) is 1. The molecular weight excluding hydrogens is 355 g/mol. The van der Waals surface area contributed by atoms with E-state index in [0.29, 0.717) is 6.42 Å². The van der Waals surface area contributed by atoms with Crippen molar-refractivity contribution < 1.29 is 23.2 Å². The number of halogens is 4. The lowest BCUT2D eigenvalue weighted by molar-refractivity contribution is -0.138. The van der Waals surface area contributed by atoms with Crippen LogP contribution in [0.2, 0.25) is 0 Å². The molecule has 0 aliphatic rings. The molecule has 0 radical (unpaired) electrons. The van der Waals surface area contributed by atoms with E-state index < -0.39 is 23.7 Å². The number of benzene rings is 1. The van der Waals surface area contributed by atoms with E-state index in [9.17, 15) is 18.0 Å². The number of amidine groups is 1. The number of carbonyl (C=O) groups is 1. The van der Waals surface area contributed by atoms with Gasteiger partial charge in [-0.15, -0.1) is 0 Å². The molecule has 0 bridgehead atoms. The van der Waals surface area contributed by atoms with Crippen LogP contribution in [0.1, 0.15) is 29.3 Å². The highest BCUT2D eigenvalue weighted by Crippen LogP contribution is 2.35. The Hall–Kier alpha value is -1.77. The van der Waals surface area contributed by atoms with Gasteiger partial charge in [-0.1, -0.05) is 28.0 Å². The van der Waals surface area contributed by atoms with Crippen LogP contribution in [0.25, 0.3) is 0 Å². The highest BCUT2D eigenvalue weighted by molar-refractivity contribution is 9.10. The molecule has 9 heteroatoms. The van der Waals surface area contributed by atoms with E-state index >= 15 is 0 Å². The number of hydrogen-bond acceptors (Lipinski definition) is 3. The Kier molecular flexibility index (Phi) is 5.59. The molecule has 4 N–H and O–H groups in total. The lowest BCUT2D eigenvalue weighted by Crippen LogP contribution is -2.44. The van der Waals surface area contributed by atoms with Crippen molar-refractivity contribution in [3.05, 3.63) is 33.8 Å². The summed E-state index contributed by atoms with van der Waals surface area (Å²) in [6.07, 6.45) is -4.25. The fraction of sp³-hybridized carbons (Fsp3) is 0.333. The smallest absolute Gasteiger partial charge is 0.409 e. The van der Waals surface area contributed by atoms with Gasteiger partial charge in [-0.25, -0.2) is 0 Å². The maximum absolute atomic E-state index is 12.8. The highest BCUT2D eigenvalue weighted by atomic mass is 79.9. The highest BCUT2D eigenvalue weighted by Gasteiger charge is 2.33. The third-order valence-corrected chi connectivity index (χ3v) is 3.41. The van der Waals surface area contributed by atoms with Crippen molar-refractivity contribution in [2.45, 2.75) is 25.6 Å². The lowest BCUT2D eigenvalue weighted by Gasteiger charge is -2.16. The topological polar surface area (TPSA) is 87.7 Å². The zero-order valence-electron chi connectivity index (χ0n) is 10.9. The standard InChI is InChI=1S/C12H13BrF3N3O2/c1-2-9(10(17)19-21)18-11(20)6-3-4-8(13)7(5-6)12(14,15)16/h3-5,9,21H,2H2,1H3,(H2,17,19)(H,18,20). The van der Waals surface area contributed by atoms with E-state index in [4.69, 9.17) is 10.9 Å². The first-order valence-corrected chi connectivity index (χ1v) is 6.65. The molecule has 0 spiro atoms. The largest absolute Gasteiger partial charge is 0.417 e. The van der Waals surface area contributed by atoms with Gasteiger partial charge in [-0.2, -0.15) is 13.2 Å². The van der Waals surface area contributed by atoms with Crippen LogP contribution in [0.3, 0.4) is 0 Å². The Morgan fingerprint density at radius 1 is 1.52 bits per heavy atom. The van der Waals surface area contributed by atoms with E-state index in [1.807, 2.05) is 0 Å². The molecule has 1 rings (SSSR count). The molecule has 1 aromatic carbocycles. The lowest BCUT2D eigenvalue weighted by atomic mass is 10.1. The van der Waals surface area contributed by atoms with Crippen LogP contribution in [-0.2, 0) is 6.18 Å². The van der Waals surface area contributed by atoms with Gasteiger partial charge < -0.3 is 16.3 Å². The molecule has 1 atom stereocenters. The van der Waals surface area contributed by atoms with Crippen molar-refractivity contribution >= 4 is 27.7 Å². The van der Waals surface area contributed by atoms with E-state index in [0.717, 1.165) is 12.1 Å². The molecule has 0 fully saturated rings. The predicted molar refractivity (Wildman–Crippen MR) is 74.1 cm³/mol. The number of alkyl halides is 3. The van der Waals surface area contributed by atoms with E-state index in [1.165, 1.54) is 6.07 Å². The van der Waals surface area contributed by atoms with Crippen LogP contribution in [0.4, 0.5) is 13.2 Å². The summed E-state index contributed by atoms with van der Waals surface area (Å²) in [6.45, 7) is 1.67. The Balaban J connectivity index is 3.04. The van der Waals surface area contributed by atoms with Crippen LogP contribution < -0.4 is 11.1 Å². The number of oxime groups is 1. The Labute approximate surface area is 127 Å².